The minimum atomic E-state index is 0.714. The van der Waals surface area contributed by atoms with Crippen LogP contribution in [-0.2, 0) is 0 Å². The molecule has 0 aliphatic rings. The Bertz CT molecular complexity index is 389. The Labute approximate surface area is 70.4 Å². The smallest absolute Gasteiger partial charge is 0.161 e. The summed E-state index contributed by atoms with van der Waals surface area (Å²) in [5.74, 6) is 0. The Morgan fingerprint density at radius 1 is 1.27 bits per heavy atom. The maximum Gasteiger partial charge on any atom is 0.161 e. The van der Waals surface area contributed by atoms with Crippen molar-refractivity contribution in [1.29, 1.82) is 0 Å². The minimum absolute atomic E-state index is 0.714. The molecule has 0 amide bonds. The first-order valence-electron chi connectivity index (χ1n) is 3.46. The van der Waals surface area contributed by atoms with Gasteiger partial charge in [-0.2, -0.15) is 0 Å². The van der Waals surface area contributed by atoms with Crippen LogP contribution in [-0.4, -0.2) is 0 Å². The highest BCUT2D eigenvalue weighted by atomic mass is 32.1. The lowest BCUT2D eigenvalue weighted by Gasteiger charge is -1.84. The van der Waals surface area contributed by atoms with E-state index in [1.807, 2.05) is 31.2 Å². The van der Waals surface area contributed by atoms with Crippen LogP contribution in [0.5, 0.6) is 0 Å². The van der Waals surface area contributed by atoms with Gasteiger partial charge >= 0.3 is 0 Å². The molecule has 0 radical (unpaired) electrons. The van der Waals surface area contributed by atoms with E-state index < -0.39 is 0 Å². The molecule has 0 aliphatic heterocycles. The summed E-state index contributed by atoms with van der Waals surface area (Å²) in [5, 5.41) is 1.86. The largest absolute Gasteiger partial charge is 0.450 e. The van der Waals surface area contributed by atoms with E-state index in [1.54, 1.807) is 0 Å². The van der Waals surface area contributed by atoms with Gasteiger partial charge in [0.15, 0.2) is 5.09 Å². The molecule has 2 heteroatoms. The van der Waals surface area contributed by atoms with Crippen molar-refractivity contribution in [3.63, 3.8) is 0 Å². The highest BCUT2D eigenvalue weighted by Gasteiger charge is 2.04. The van der Waals surface area contributed by atoms with Crippen LogP contribution < -0.4 is 0 Å². The molecule has 56 valence electrons. The van der Waals surface area contributed by atoms with E-state index in [2.05, 4.69) is 12.6 Å². The maximum absolute atomic E-state index is 5.36. The van der Waals surface area contributed by atoms with E-state index in [0.717, 1.165) is 16.5 Å². The minimum Gasteiger partial charge on any atom is -0.450 e. The molecule has 0 spiro atoms. The summed E-state index contributed by atoms with van der Waals surface area (Å²) in [5.41, 5.74) is 2.03. The fraction of sp³-hybridized carbons (Fsp3) is 0.111. The average molecular weight is 164 g/mol. The van der Waals surface area contributed by atoms with Crippen LogP contribution >= 0.6 is 12.6 Å². The number of furan rings is 1. The van der Waals surface area contributed by atoms with Crippen LogP contribution in [0.1, 0.15) is 5.56 Å². The van der Waals surface area contributed by atoms with Crippen LogP contribution in [0.4, 0.5) is 0 Å². The highest BCUT2D eigenvalue weighted by Crippen LogP contribution is 2.26. The molecule has 0 N–H and O–H groups in total. The van der Waals surface area contributed by atoms with E-state index in [9.17, 15) is 0 Å². The van der Waals surface area contributed by atoms with E-state index >= 15 is 0 Å². The lowest BCUT2D eigenvalue weighted by Crippen LogP contribution is -1.65. The Hall–Kier alpha value is -0.890. The quantitative estimate of drug-likeness (QED) is 0.590. The van der Waals surface area contributed by atoms with Gasteiger partial charge in [0.1, 0.15) is 5.58 Å². The fourth-order valence-corrected chi connectivity index (χ4v) is 1.38. The van der Waals surface area contributed by atoms with Gasteiger partial charge in [0, 0.05) is 10.9 Å². The molecular formula is C9H8OS. The van der Waals surface area contributed by atoms with Gasteiger partial charge in [-0.1, -0.05) is 18.2 Å². The summed E-state index contributed by atoms with van der Waals surface area (Å²) in [6, 6.07) is 7.94. The zero-order valence-corrected chi connectivity index (χ0v) is 7.06. The molecule has 2 aromatic rings. The van der Waals surface area contributed by atoms with Gasteiger partial charge in [0.2, 0.25) is 0 Å². The van der Waals surface area contributed by atoms with Gasteiger partial charge in [0.05, 0.1) is 0 Å². The van der Waals surface area contributed by atoms with Gasteiger partial charge in [-0.25, -0.2) is 0 Å². The third-order valence-corrected chi connectivity index (χ3v) is 2.25. The molecule has 0 aliphatic carbocycles. The Balaban J connectivity index is 2.92. The van der Waals surface area contributed by atoms with Gasteiger partial charge < -0.3 is 4.42 Å². The molecule has 2 rings (SSSR count). The molecule has 0 atom stereocenters. The molecule has 1 aromatic heterocycles. The summed E-state index contributed by atoms with van der Waals surface area (Å²) in [4.78, 5) is 0. The van der Waals surface area contributed by atoms with Crippen molar-refractivity contribution < 1.29 is 4.42 Å². The monoisotopic (exact) mass is 164 g/mol. The lowest BCUT2D eigenvalue weighted by molar-refractivity contribution is 0.512. The van der Waals surface area contributed by atoms with Crippen molar-refractivity contribution in [2.45, 2.75) is 12.0 Å². The van der Waals surface area contributed by atoms with Crippen molar-refractivity contribution in [2.24, 2.45) is 0 Å². The second-order valence-electron chi connectivity index (χ2n) is 2.53. The number of rotatable bonds is 0. The van der Waals surface area contributed by atoms with E-state index in [4.69, 9.17) is 4.42 Å². The number of para-hydroxylation sites is 1. The summed E-state index contributed by atoms with van der Waals surface area (Å²) < 4.78 is 5.36. The van der Waals surface area contributed by atoms with Gasteiger partial charge in [-0.3, -0.25) is 0 Å². The first kappa shape index (κ1) is 6.80. The standard InChI is InChI=1S/C9H8OS/c1-6-7-4-2-3-5-8(7)10-9(6)11/h2-5,11H,1H3. The average Bonchev–Trinajstić information content (AvgIpc) is 2.30. The topological polar surface area (TPSA) is 13.1 Å². The number of hydrogen-bond donors (Lipinski definition) is 1. The van der Waals surface area contributed by atoms with Gasteiger partial charge in [-0.05, 0) is 13.0 Å². The Morgan fingerprint density at radius 2 is 2.00 bits per heavy atom. The summed E-state index contributed by atoms with van der Waals surface area (Å²) >= 11 is 4.19. The van der Waals surface area contributed by atoms with Crippen LogP contribution in [0.25, 0.3) is 11.0 Å². The van der Waals surface area contributed by atoms with Gasteiger partial charge in [0.25, 0.3) is 0 Å². The summed E-state index contributed by atoms with van der Waals surface area (Å²) in [6.07, 6.45) is 0. The second-order valence-corrected chi connectivity index (χ2v) is 2.93. The van der Waals surface area contributed by atoms with Crippen LogP contribution in [0.3, 0.4) is 0 Å². The number of hydrogen-bond acceptors (Lipinski definition) is 2. The summed E-state index contributed by atoms with van der Waals surface area (Å²) in [7, 11) is 0. The SMILES string of the molecule is Cc1c(S)oc2ccccc12. The zero-order valence-electron chi connectivity index (χ0n) is 6.16. The van der Waals surface area contributed by atoms with Crippen molar-refractivity contribution >= 4 is 23.6 Å². The number of benzene rings is 1. The lowest BCUT2D eigenvalue weighted by atomic mass is 10.2. The second kappa shape index (κ2) is 2.31. The molecule has 0 saturated heterocycles. The van der Waals surface area contributed by atoms with Crippen molar-refractivity contribution in [3.8, 4) is 0 Å². The van der Waals surface area contributed by atoms with Gasteiger partial charge in [-0.15, -0.1) is 12.6 Å². The predicted octanol–water partition coefficient (Wildman–Crippen LogP) is 3.03. The maximum atomic E-state index is 5.36. The fourth-order valence-electron chi connectivity index (χ4n) is 1.16. The first-order chi connectivity index (χ1) is 5.29. The first-order valence-corrected chi connectivity index (χ1v) is 3.91. The van der Waals surface area contributed by atoms with Crippen molar-refractivity contribution in [2.75, 3.05) is 0 Å². The molecule has 0 unspecified atom stereocenters. The van der Waals surface area contributed by atoms with Crippen LogP contribution in [0, 0.1) is 6.92 Å². The van der Waals surface area contributed by atoms with E-state index in [0.29, 0.717) is 5.09 Å². The normalized spacial score (nSPS) is 10.7. The van der Waals surface area contributed by atoms with Crippen molar-refractivity contribution in [1.82, 2.24) is 0 Å². The summed E-state index contributed by atoms with van der Waals surface area (Å²) in [6.45, 7) is 2.01. The Morgan fingerprint density at radius 3 is 2.73 bits per heavy atom. The van der Waals surface area contributed by atoms with Crippen LogP contribution in [0.2, 0.25) is 0 Å². The molecule has 1 heterocycles. The molecule has 1 aromatic carbocycles. The molecule has 11 heavy (non-hydrogen) atoms. The zero-order chi connectivity index (χ0) is 7.84. The highest BCUT2D eigenvalue weighted by molar-refractivity contribution is 7.80. The number of thiol groups is 1. The Kier molecular flexibility index (Phi) is 1.43. The molecule has 0 saturated carbocycles. The third kappa shape index (κ3) is 0.942. The molecular weight excluding hydrogens is 156 g/mol. The van der Waals surface area contributed by atoms with Crippen LogP contribution in [0.15, 0.2) is 33.8 Å². The molecule has 0 fully saturated rings. The third-order valence-electron chi connectivity index (χ3n) is 1.82. The van der Waals surface area contributed by atoms with Crippen molar-refractivity contribution in [3.05, 3.63) is 29.8 Å². The molecule has 1 nitrogen and oxygen atoms in total. The van der Waals surface area contributed by atoms with E-state index in [1.165, 1.54) is 0 Å². The van der Waals surface area contributed by atoms with E-state index in [-0.39, 0.29) is 0 Å². The molecule has 0 bridgehead atoms. The number of aryl methyl sites for hydroxylation is 1. The number of fused-ring (bicyclic) bond motifs is 1. The predicted molar refractivity (Wildman–Crippen MR) is 48.2 cm³/mol.